The summed E-state index contributed by atoms with van der Waals surface area (Å²) in [7, 11) is -4.24. The number of esters is 1. The first kappa shape index (κ1) is 28.4. The number of para-hydroxylation sites is 1. The van der Waals surface area contributed by atoms with Crippen molar-refractivity contribution in [1.29, 1.82) is 0 Å². The number of aliphatic hydroxyl groups is 1. The van der Waals surface area contributed by atoms with Gasteiger partial charge in [0.2, 0.25) is 0 Å². The molecular weight excluding hydrogens is 516 g/mol. The molecule has 0 saturated carbocycles. The second-order valence-corrected chi connectivity index (χ2v) is 10.8. The Bertz CT molecular complexity index is 1020. The molecule has 1 amide bonds. The van der Waals surface area contributed by atoms with Crippen LogP contribution < -0.4 is 14.9 Å². The Hall–Kier alpha value is -2.15. The summed E-state index contributed by atoms with van der Waals surface area (Å²) < 4.78 is 50.4. The van der Waals surface area contributed by atoms with Crippen LogP contribution in [0.3, 0.4) is 0 Å². The van der Waals surface area contributed by atoms with Gasteiger partial charge in [0, 0.05) is 11.8 Å². The highest BCUT2D eigenvalue weighted by atomic mass is 32.1. The van der Waals surface area contributed by atoms with Crippen LogP contribution in [0.5, 0.6) is 5.75 Å². The van der Waals surface area contributed by atoms with E-state index in [0.29, 0.717) is 5.57 Å². The number of carbonyl (C=O) groups excluding carboxylic acids is 2. The van der Waals surface area contributed by atoms with Crippen LogP contribution >= 0.6 is 20.4 Å². The molecule has 7 atom stereocenters. The van der Waals surface area contributed by atoms with Crippen LogP contribution in [-0.4, -0.2) is 70.7 Å². The quantitative estimate of drug-likeness (QED) is 0.196. The molecule has 14 heteroatoms. The first-order valence-electron chi connectivity index (χ1n) is 11.3. The minimum atomic E-state index is -4.24. The van der Waals surface area contributed by atoms with Gasteiger partial charge < -0.3 is 29.3 Å². The molecule has 1 fully saturated rings. The number of ether oxygens (including phenoxy) is 2. The van der Waals surface area contributed by atoms with Crippen molar-refractivity contribution in [2.75, 3.05) is 6.61 Å². The van der Waals surface area contributed by atoms with Gasteiger partial charge in [-0.15, -0.1) is 12.6 Å². The van der Waals surface area contributed by atoms with E-state index in [2.05, 4.69) is 23.0 Å². The minimum Gasteiger partial charge on any atom is -0.462 e. The van der Waals surface area contributed by atoms with E-state index in [1.165, 1.54) is 37.1 Å². The van der Waals surface area contributed by atoms with Gasteiger partial charge in [0.15, 0.2) is 12.4 Å². The molecule has 0 bridgehead atoms. The van der Waals surface area contributed by atoms with Gasteiger partial charge in [0.05, 0.1) is 12.7 Å². The number of alkyl halides is 1. The van der Waals surface area contributed by atoms with Crippen LogP contribution in [0.1, 0.15) is 27.7 Å². The second kappa shape index (κ2) is 11.9. The minimum absolute atomic E-state index is 0.189. The summed E-state index contributed by atoms with van der Waals surface area (Å²) in [6.07, 6.45) is -5.09. The summed E-state index contributed by atoms with van der Waals surface area (Å²) >= 11 is 4.24. The van der Waals surface area contributed by atoms with Crippen molar-refractivity contribution in [3.63, 3.8) is 0 Å². The number of carbonyl (C=O) groups is 2. The summed E-state index contributed by atoms with van der Waals surface area (Å²) in [5.74, 6) is -0.856. The normalized spacial score (nSPS) is 28.8. The predicted molar refractivity (Wildman–Crippen MR) is 131 cm³/mol. The zero-order chi connectivity index (χ0) is 26.6. The average Bonchev–Trinajstić information content (AvgIpc) is 3.08. The molecule has 2 heterocycles. The predicted octanol–water partition coefficient (Wildman–Crippen LogP) is 2.09. The third-order valence-corrected chi connectivity index (χ3v) is 7.31. The van der Waals surface area contributed by atoms with E-state index >= 15 is 0 Å². The highest BCUT2D eigenvalue weighted by Crippen LogP contribution is 2.46. The number of nitrogens with zero attached hydrogens (tertiary/aromatic N) is 1. The lowest BCUT2D eigenvalue weighted by atomic mass is 10.1. The fourth-order valence-corrected chi connectivity index (χ4v) is 5.28. The molecule has 1 aromatic carbocycles. The van der Waals surface area contributed by atoms with E-state index in [0.717, 1.165) is 0 Å². The van der Waals surface area contributed by atoms with E-state index in [1.807, 2.05) is 0 Å². The summed E-state index contributed by atoms with van der Waals surface area (Å²) in [5, 5.41) is 15.5. The number of rotatable bonds is 10. The fraction of sp³-hybridized carbons (Fsp3) is 0.545. The van der Waals surface area contributed by atoms with Gasteiger partial charge in [0.25, 0.3) is 5.91 Å². The van der Waals surface area contributed by atoms with Crippen LogP contribution in [-0.2, 0) is 28.2 Å². The lowest BCUT2D eigenvalue weighted by Gasteiger charge is -2.36. The van der Waals surface area contributed by atoms with Crippen LogP contribution in [0, 0.1) is 0 Å². The van der Waals surface area contributed by atoms with Crippen molar-refractivity contribution in [3.8, 4) is 5.75 Å². The number of thiol groups is 1. The number of benzene rings is 1. The van der Waals surface area contributed by atoms with Crippen molar-refractivity contribution in [1.82, 2.24) is 15.3 Å². The molecule has 3 rings (SSSR count). The first-order valence-corrected chi connectivity index (χ1v) is 13.4. The fourth-order valence-electron chi connectivity index (χ4n) is 3.46. The zero-order valence-corrected chi connectivity index (χ0v) is 22.0. The van der Waals surface area contributed by atoms with Crippen LogP contribution in [0.25, 0.3) is 0 Å². The maximum Gasteiger partial charge on any atom is 0.459 e. The van der Waals surface area contributed by atoms with Crippen molar-refractivity contribution in [3.05, 3.63) is 42.1 Å². The Kier molecular flexibility index (Phi) is 9.42. The monoisotopic (exact) mass is 547 g/mol. The molecule has 0 aliphatic carbocycles. The maximum atomic E-state index is 15.0. The van der Waals surface area contributed by atoms with Gasteiger partial charge in [-0.2, -0.15) is 5.09 Å². The molecule has 36 heavy (non-hydrogen) atoms. The number of halogens is 1. The standard InChI is InChI=1S/C22H31FN3O8PS/c1-12(2)32-21(29)14(4)25-35(30,34-15-8-6-5-7-9-15)31-11-16-18(27)17(23)20(33-16)26-10-13(3)19(28)24-22(26)36/h5-10,12,14,16-18,20,22,27,36H,11H2,1-4H3,(H,24,28)(H,25,30)/t14-,16-,17?,18+,20-,22?,35?/m0/s1. The smallest absolute Gasteiger partial charge is 0.459 e. The Balaban J connectivity index is 1.73. The summed E-state index contributed by atoms with van der Waals surface area (Å²) in [6.45, 7) is 5.76. The van der Waals surface area contributed by atoms with Crippen LogP contribution in [0.4, 0.5) is 4.39 Å². The van der Waals surface area contributed by atoms with Gasteiger partial charge >= 0.3 is 13.7 Å². The lowest BCUT2D eigenvalue weighted by Crippen LogP contribution is -2.53. The van der Waals surface area contributed by atoms with Gasteiger partial charge in [-0.1, -0.05) is 18.2 Å². The van der Waals surface area contributed by atoms with E-state index in [1.54, 1.807) is 32.0 Å². The number of hydrogen-bond acceptors (Lipinski definition) is 10. The lowest BCUT2D eigenvalue weighted by molar-refractivity contribution is -0.149. The topological polar surface area (TPSA) is 136 Å². The molecule has 0 radical (unpaired) electrons. The van der Waals surface area contributed by atoms with E-state index in [4.69, 9.17) is 18.5 Å². The third-order valence-electron chi connectivity index (χ3n) is 5.27. The van der Waals surface area contributed by atoms with Crippen molar-refractivity contribution < 1.29 is 42.2 Å². The number of hydrogen-bond donors (Lipinski definition) is 4. The second-order valence-electron chi connectivity index (χ2n) is 8.64. The summed E-state index contributed by atoms with van der Waals surface area (Å²) in [6, 6.07) is 7.03. The first-order chi connectivity index (χ1) is 16.9. The summed E-state index contributed by atoms with van der Waals surface area (Å²) in [5.41, 5.74) is -0.587. The Morgan fingerprint density at radius 2 is 2.00 bits per heavy atom. The summed E-state index contributed by atoms with van der Waals surface area (Å²) in [4.78, 5) is 25.4. The van der Waals surface area contributed by atoms with E-state index < -0.39 is 62.6 Å². The molecule has 3 unspecified atom stereocenters. The van der Waals surface area contributed by atoms with Gasteiger partial charge in [-0.05, 0) is 39.8 Å². The van der Waals surface area contributed by atoms with Gasteiger partial charge in [0.1, 0.15) is 29.5 Å². The highest BCUT2D eigenvalue weighted by Gasteiger charge is 2.49. The SMILES string of the molecule is CC1=CN([C@H]2O[C@@H](COP(=O)(N[C@@H](C)C(=O)OC(C)C)Oc3ccccc3)[C@@H](O)C2F)C(S)NC1=O. The zero-order valence-electron chi connectivity index (χ0n) is 20.2. The van der Waals surface area contributed by atoms with Crippen LogP contribution in [0.2, 0.25) is 0 Å². The molecule has 3 N–H and O–H groups in total. The van der Waals surface area contributed by atoms with Crippen molar-refractivity contribution in [2.24, 2.45) is 0 Å². The van der Waals surface area contributed by atoms with E-state index in [-0.39, 0.29) is 11.7 Å². The largest absolute Gasteiger partial charge is 0.462 e. The molecule has 200 valence electrons. The highest BCUT2D eigenvalue weighted by molar-refractivity contribution is 7.80. The Labute approximate surface area is 214 Å². The molecule has 0 aromatic heterocycles. The molecular formula is C22H31FN3O8PS. The van der Waals surface area contributed by atoms with E-state index in [9.17, 15) is 23.7 Å². The number of amides is 1. The van der Waals surface area contributed by atoms with Gasteiger partial charge in [-0.3, -0.25) is 14.1 Å². The van der Waals surface area contributed by atoms with Crippen LogP contribution in [0.15, 0.2) is 42.1 Å². The molecule has 11 nitrogen and oxygen atoms in total. The Morgan fingerprint density at radius 1 is 1.33 bits per heavy atom. The molecule has 0 spiro atoms. The average molecular weight is 548 g/mol. The third kappa shape index (κ3) is 6.99. The maximum absolute atomic E-state index is 15.0. The Morgan fingerprint density at radius 3 is 2.64 bits per heavy atom. The molecule has 1 saturated heterocycles. The molecule has 1 aromatic rings. The molecule has 2 aliphatic heterocycles. The number of aliphatic hydroxyl groups excluding tert-OH is 1. The van der Waals surface area contributed by atoms with Crippen molar-refractivity contribution >= 4 is 32.3 Å². The number of nitrogens with one attached hydrogen (secondary N) is 2. The molecule has 2 aliphatic rings. The van der Waals surface area contributed by atoms with Gasteiger partial charge in [-0.25, -0.2) is 8.96 Å². The van der Waals surface area contributed by atoms with Crippen molar-refractivity contribution in [2.45, 2.75) is 69.9 Å².